The molecule has 0 amide bonds. The van der Waals surface area contributed by atoms with Crippen LogP contribution in [-0.4, -0.2) is 24.7 Å². The zero-order chi connectivity index (χ0) is 9.07. The van der Waals surface area contributed by atoms with Gasteiger partial charge in [-0.2, -0.15) is 13.2 Å². The zero-order valence-electron chi connectivity index (χ0n) is 6.23. The second-order valence-corrected chi connectivity index (χ2v) is 2.20. The van der Waals surface area contributed by atoms with Gasteiger partial charge in [-0.25, -0.2) is 0 Å². The first kappa shape index (κ1) is 10.4. The van der Waals surface area contributed by atoms with Crippen LogP contribution in [0.2, 0.25) is 0 Å². The topological polar surface area (TPSA) is 26.3 Å². The molecule has 0 bridgehead atoms. The highest BCUT2D eigenvalue weighted by Crippen LogP contribution is 2.21. The standard InChI is InChI=1S/C6H9F3O2/c1-4(10)3-11-5(2)6(7,8)9/h5H,3H2,1-2H3. The number of hydrogen-bond donors (Lipinski definition) is 0. The lowest BCUT2D eigenvalue weighted by Crippen LogP contribution is -2.30. The molecule has 0 saturated carbocycles. The minimum atomic E-state index is -4.38. The highest BCUT2D eigenvalue weighted by molar-refractivity contribution is 5.76. The SMILES string of the molecule is CC(=O)COC(C)C(F)(F)F. The van der Waals surface area contributed by atoms with Gasteiger partial charge in [0.2, 0.25) is 0 Å². The summed E-state index contributed by atoms with van der Waals surface area (Å²) in [6.45, 7) is 1.55. The molecule has 0 spiro atoms. The molecular weight excluding hydrogens is 161 g/mol. The lowest BCUT2D eigenvalue weighted by Gasteiger charge is -2.14. The molecule has 1 unspecified atom stereocenters. The van der Waals surface area contributed by atoms with E-state index in [9.17, 15) is 18.0 Å². The number of alkyl halides is 3. The third-order valence-corrected chi connectivity index (χ3v) is 0.998. The van der Waals surface area contributed by atoms with E-state index in [1.165, 1.54) is 6.92 Å². The molecule has 0 aromatic rings. The monoisotopic (exact) mass is 170 g/mol. The van der Waals surface area contributed by atoms with Crippen molar-refractivity contribution in [3.8, 4) is 0 Å². The summed E-state index contributed by atoms with van der Waals surface area (Å²) in [6, 6.07) is 0. The van der Waals surface area contributed by atoms with E-state index >= 15 is 0 Å². The van der Waals surface area contributed by atoms with Crippen LogP contribution in [0, 0.1) is 0 Å². The Morgan fingerprint density at radius 3 is 2.27 bits per heavy atom. The Bertz CT molecular complexity index is 141. The van der Waals surface area contributed by atoms with Crippen molar-refractivity contribution >= 4 is 5.78 Å². The predicted octanol–water partition coefficient (Wildman–Crippen LogP) is 1.54. The molecule has 0 N–H and O–H groups in total. The Morgan fingerprint density at radius 2 is 2.00 bits per heavy atom. The van der Waals surface area contributed by atoms with Crippen molar-refractivity contribution in [2.75, 3.05) is 6.61 Å². The van der Waals surface area contributed by atoms with Gasteiger partial charge in [0.1, 0.15) is 6.61 Å². The minimum Gasteiger partial charge on any atom is -0.361 e. The Kier molecular flexibility index (Phi) is 3.51. The predicted molar refractivity (Wildman–Crippen MR) is 32.1 cm³/mol. The Hall–Kier alpha value is -0.580. The largest absolute Gasteiger partial charge is 0.414 e. The maximum atomic E-state index is 11.7. The number of halogens is 3. The van der Waals surface area contributed by atoms with Crippen LogP contribution in [0.15, 0.2) is 0 Å². The van der Waals surface area contributed by atoms with Crippen molar-refractivity contribution in [2.45, 2.75) is 26.1 Å². The van der Waals surface area contributed by atoms with Crippen molar-refractivity contribution in [1.29, 1.82) is 0 Å². The van der Waals surface area contributed by atoms with Crippen molar-refractivity contribution in [3.05, 3.63) is 0 Å². The summed E-state index contributed by atoms with van der Waals surface area (Å²) in [5, 5.41) is 0. The van der Waals surface area contributed by atoms with Gasteiger partial charge >= 0.3 is 6.18 Å². The van der Waals surface area contributed by atoms with E-state index < -0.39 is 24.7 Å². The lowest BCUT2D eigenvalue weighted by molar-refractivity contribution is -0.213. The van der Waals surface area contributed by atoms with Gasteiger partial charge in [0, 0.05) is 0 Å². The van der Waals surface area contributed by atoms with E-state index in [1.807, 2.05) is 0 Å². The van der Waals surface area contributed by atoms with Gasteiger partial charge in [-0.05, 0) is 13.8 Å². The molecule has 0 radical (unpaired) electrons. The highest BCUT2D eigenvalue weighted by Gasteiger charge is 2.36. The lowest BCUT2D eigenvalue weighted by atomic mass is 10.4. The summed E-state index contributed by atoms with van der Waals surface area (Å²) < 4.78 is 39.2. The minimum absolute atomic E-state index is 0.416. The number of carbonyl (C=O) groups excluding carboxylic acids is 1. The van der Waals surface area contributed by atoms with Crippen LogP contribution in [0.1, 0.15) is 13.8 Å². The van der Waals surface area contributed by atoms with E-state index in [0.717, 1.165) is 6.92 Å². The fraction of sp³-hybridized carbons (Fsp3) is 0.833. The number of hydrogen-bond acceptors (Lipinski definition) is 2. The Balaban J connectivity index is 3.70. The van der Waals surface area contributed by atoms with Gasteiger partial charge in [0.15, 0.2) is 11.9 Å². The molecule has 1 atom stereocenters. The fourth-order valence-corrected chi connectivity index (χ4v) is 0.337. The summed E-state index contributed by atoms with van der Waals surface area (Å²) in [5.41, 5.74) is 0. The van der Waals surface area contributed by atoms with E-state index in [-0.39, 0.29) is 0 Å². The molecular formula is C6H9F3O2. The molecule has 0 aliphatic rings. The summed E-state index contributed by atoms with van der Waals surface area (Å²) in [7, 11) is 0. The van der Waals surface area contributed by atoms with Gasteiger partial charge in [-0.1, -0.05) is 0 Å². The molecule has 0 fully saturated rings. The number of Topliss-reactive ketones (excluding diaryl/α,β-unsaturated/α-hetero) is 1. The number of rotatable bonds is 3. The Morgan fingerprint density at radius 1 is 1.55 bits per heavy atom. The van der Waals surface area contributed by atoms with E-state index in [1.54, 1.807) is 0 Å². The van der Waals surface area contributed by atoms with Crippen LogP contribution < -0.4 is 0 Å². The Labute approximate surface area is 62.3 Å². The van der Waals surface area contributed by atoms with Crippen molar-refractivity contribution in [2.24, 2.45) is 0 Å². The number of ether oxygens (including phenoxy) is 1. The molecule has 2 nitrogen and oxygen atoms in total. The first-order valence-corrected chi connectivity index (χ1v) is 3.02. The van der Waals surface area contributed by atoms with Gasteiger partial charge in [0.25, 0.3) is 0 Å². The summed E-state index contributed by atoms with van der Waals surface area (Å²) in [6.07, 6.45) is -6.25. The third kappa shape index (κ3) is 4.78. The first-order valence-electron chi connectivity index (χ1n) is 3.02. The van der Waals surface area contributed by atoms with Crippen LogP contribution in [-0.2, 0) is 9.53 Å². The maximum absolute atomic E-state index is 11.7. The normalized spacial score (nSPS) is 14.6. The zero-order valence-corrected chi connectivity index (χ0v) is 6.23. The van der Waals surface area contributed by atoms with E-state index in [4.69, 9.17) is 0 Å². The molecule has 11 heavy (non-hydrogen) atoms. The second kappa shape index (κ2) is 3.71. The van der Waals surface area contributed by atoms with Crippen LogP contribution in [0.3, 0.4) is 0 Å². The van der Waals surface area contributed by atoms with Gasteiger partial charge in [0.05, 0.1) is 0 Å². The molecule has 0 rings (SSSR count). The molecule has 0 aromatic carbocycles. The summed E-state index contributed by atoms with van der Waals surface area (Å²) in [5.74, 6) is -0.416. The van der Waals surface area contributed by atoms with Crippen LogP contribution in [0.25, 0.3) is 0 Å². The molecule has 0 heterocycles. The van der Waals surface area contributed by atoms with Crippen molar-refractivity contribution in [1.82, 2.24) is 0 Å². The average Bonchev–Trinajstić information content (AvgIpc) is 1.80. The average molecular weight is 170 g/mol. The summed E-state index contributed by atoms with van der Waals surface area (Å²) in [4.78, 5) is 10.2. The molecule has 66 valence electrons. The quantitative estimate of drug-likeness (QED) is 0.642. The third-order valence-electron chi connectivity index (χ3n) is 0.998. The first-order chi connectivity index (χ1) is 4.84. The van der Waals surface area contributed by atoms with Crippen molar-refractivity contribution in [3.63, 3.8) is 0 Å². The van der Waals surface area contributed by atoms with Crippen molar-refractivity contribution < 1.29 is 22.7 Å². The molecule has 0 saturated heterocycles. The van der Waals surface area contributed by atoms with Crippen LogP contribution >= 0.6 is 0 Å². The van der Waals surface area contributed by atoms with Gasteiger partial charge in [-0.3, -0.25) is 4.79 Å². The van der Waals surface area contributed by atoms with Gasteiger partial charge < -0.3 is 4.74 Å². The molecule has 5 heteroatoms. The second-order valence-electron chi connectivity index (χ2n) is 2.20. The smallest absolute Gasteiger partial charge is 0.361 e. The van der Waals surface area contributed by atoms with Crippen LogP contribution in [0.4, 0.5) is 13.2 Å². The van der Waals surface area contributed by atoms with Crippen LogP contribution in [0.5, 0.6) is 0 Å². The molecule has 0 aromatic heterocycles. The molecule has 0 aliphatic carbocycles. The number of carbonyl (C=O) groups is 1. The maximum Gasteiger partial charge on any atom is 0.414 e. The van der Waals surface area contributed by atoms with E-state index in [2.05, 4.69) is 4.74 Å². The van der Waals surface area contributed by atoms with Gasteiger partial charge in [-0.15, -0.1) is 0 Å². The number of ketones is 1. The molecule has 0 aliphatic heterocycles. The summed E-state index contributed by atoms with van der Waals surface area (Å²) >= 11 is 0. The highest BCUT2D eigenvalue weighted by atomic mass is 19.4. The fourth-order valence-electron chi connectivity index (χ4n) is 0.337. The van der Waals surface area contributed by atoms with E-state index in [0.29, 0.717) is 0 Å².